The molecular weight excluding hydrogens is 348 g/mol. The summed E-state index contributed by atoms with van der Waals surface area (Å²) in [5.41, 5.74) is 8.36. The summed E-state index contributed by atoms with van der Waals surface area (Å²) < 4.78 is 9.95. The Morgan fingerprint density at radius 2 is 1.74 bits per heavy atom. The molecule has 2 aromatic rings. The van der Waals surface area contributed by atoms with E-state index in [0.717, 1.165) is 11.1 Å². The zero-order valence-electron chi connectivity index (χ0n) is 14.9. The van der Waals surface area contributed by atoms with E-state index in [9.17, 15) is 14.4 Å². The van der Waals surface area contributed by atoms with Gasteiger partial charge in [0.05, 0.1) is 12.7 Å². The number of nitrogen functional groups attached to an aromatic ring is 1. The number of anilines is 1. The Morgan fingerprint density at radius 1 is 1.07 bits per heavy atom. The second kappa shape index (κ2) is 7.90. The number of fused-ring (bicyclic) bond motifs is 1. The summed E-state index contributed by atoms with van der Waals surface area (Å²) in [7, 11) is 1.28. The Labute approximate surface area is 156 Å². The predicted octanol–water partition coefficient (Wildman–Crippen LogP) is 1.55. The lowest BCUT2D eigenvalue weighted by Crippen LogP contribution is -2.50. The molecule has 1 atom stereocenters. The van der Waals surface area contributed by atoms with E-state index in [1.807, 2.05) is 24.3 Å². The highest BCUT2D eigenvalue weighted by molar-refractivity contribution is 5.92. The first kappa shape index (κ1) is 18.4. The maximum atomic E-state index is 12.6. The van der Waals surface area contributed by atoms with E-state index in [0.29, 0.717) is 17.7 Å². The molecule has 1 aliphatic heterocycles. The number of nitrogens with zero attached hydrogens (tertiary/aromatic N) is 1. The molecule has 0 unspecified atom stereocenters. The van der Waals surface area contributed by atoms with Crippen LogP contribution in [-0.2, 0) is 32.0 Å². The minimum atomic E-state index is -0.743. The highest BCUT2D eigenvalue weighted by Gasteiger charge is 2.35. The van der Waals surface area contributed by atoms with Crippen molar-refractivity contribution in [3.05, 3.63) is 65.2 Å². The van der Waals surface area contributed by atoms with Gasteiger partial charge in [-0.1, -0.05) is 24.3 Å². The number of carbonyl (C=O) groups excluding carboxylic acids is 3. The van der Waals surface area contributed by atoms with Crippen LogP contribution in [0.15, 0.2) is 48.5 Å². The summed E-state index contributed by atoms with van der Waals surface area (Å²) in [6, 6.07) is 13.1. The number of benzene rings is 2. The Bertz CT molecular complexity index is 863. The molecule has 0 spiro atoms. The zero-order valence-corrected chi connectivity index (χ0v) is 14.9. The molecule has 7 nitrogen and oxygen atoms in total. The van der Waals surface area contributed by atoms with E-state index >= 15 is 0 Å². The summed E-state index contributed by atoms with van der Waals surface area (Å²) in [5, 5.41) is 0. The topological polar surface area (TPSA) is 98.9 Å². The number of nitrogens with two attached hydrogens (primary N) is 1. The average Bonchev–Trinajstić information content (AvgIpc) is 2.70. The monoisotopic (exact) mass is 368 g/mol. The number of esters is 2. The van der Waals surface area contributed by atoms with Gasteiger partial charge in [-0.05, 0) is 35.4 Å². The van der Waals surface area contributed by atoms with Gasteiger partial charge < -0.3 is 20.1 Å². The number of hydrogen-bond donors (Lipinski definition) is 1. The fraction of sp³-hybridized carbons (Fsp3) is 0.250. The molecule has 0 fully saturated rings. The van der Waals surface area contributed by atoms with Crippen LogP contribution in [0.1, 0.15) is 21.5 Å². The van der Waals surface area contributed by atoms with Crippen LogP contribution in [0.25, 0.3) is 0 Å². The Kier molecular flexibility index (Phi) is 5.40. The van der Waals surface area contributed by atoms with E-state index in [1.54, 1.807) is 12.1 Å². The van der Waals surface area contributed by atoms with Crippen molar-refractivity contribution in [2.45, 2.75) is 19.0 Å². The van der Waals surface area contributed by atoms with Crippen LogP contribution in [0.4, 0.5) is 5.69 Å². The molecule has 2 N–H and O–H groups in total. The zero-order chi connectivity index (χ0) is 19.4. The number of ether oxygens (including phenoxy) is 2. The summed E-state index contributed by atoms with van der Waals surface area (Å²) in [6.45, 7) is -0.201. The van der Waals surface area contributed by atoms with Crippen molar-refractivity contribution in [3.8, 4) is 0 Å². The molecule has 27 heavy (non-hydrogen) atoms. The molecule has 0 radical (unpaired) electrons. The number of rotatable bonds is 4. The van der Waals surface area contributed by atoms with Gasteiger partial charge in [-0.25, -0.2) is 9.59 Å². The van der Waals surface area contributed by atoms with Crippen LogP contribution in [0.3, 0.4) is 0 Å². The van der Waals surface area contributed by atoms with Crippen molar-refractivity contribution in [1.82, 2.24) is 4.90 Å². The fourth-order valence-electron chi connectivity index (χ4n) is 3.04. The quantitative estimate of drug-likeness (QED) is 0.649. The molecule has 0 bridgehead atoms. The maximum Gasteiger partial charge on any atom is 0.338 e. The Hall–Kier alpha value is -3.35. The molecule has 7 heteroatoms. The number of hydrogen-bond acceptors (Lipinski definition) is 6. The van der Waals surface area contributed by atoms with Gasteiger partial charge in [0, 0.05) is 18.7 Å². The maximum absolute atomic E-state index is 12.6. The van der Waals surface area contributed by atoms with Crippen molar-refractivity contribution in [2.75, 3.05) is 19.5 Å². The lowest BCUT2D eigenvalue weighted by Gasteiger charge is -2.35. The summed E-state index contributed by atoms with van der Waals surface area (Å²) in [4.78, 5) is 38.3. The normalized spacial score (nSPS) is 15.6. The molecule has 2 aromatic carbocycles. The second-order valence-electron chi connectivity index (χ2n) is 6.23. The lowest BCUT2D eigenvalue weighted by atomic mass is 9.94. The SMILES string of the molecule is COC(=O)[C@@H]1Cc2ccccc2CN1C(=O)COC(=O)c1ccc(N)cc1. The minimum absolute atomic E-state index is 0.258. The molecule has 1 aliphatic rings. The molecular formula is C20H20N2O5. The largest absolute Gasteiger partial charge is 0.467 e. The van der Waals surface area contributed by atoms with Crippen molar-refractivity contribution in [3.63, 3.8) is 0 Å². The minimum Gasteiger partial charge on any atom is -0.467 e. The first-order valence-corrected chi connectivity index (χ1v) is 8.46. The summed E-state index contributed by atoms with van der Waals surface area (Å²) in [6.07, 6.45) is 0.362. The molecule has 140 valence electrons. The van der Waals surface area contributed by atoms with Crippen LogP contribution < -0.4 is 5.73 Å². The van der Waals surface area contributed by atoms with Crippen LogP contribution in [0.2, 0.25) is 0 Å². The molecule has 1 amide bonds. The number of amides is 1. The van der Waals surface area contributed by atoms with E-state index in [4.69, 9.17) is 15.2 Å². The summed E-state index contributed by atoms with van der Waals surface area (Å²) >= 11 is 0. The van der Waals surface area contributed by atoms with Crippen molar-refractivity contribution in [1.29, 1.82) is 0 Å². The van der Waals surface area contributed by atoms with E-state index < -0.39 is 30.5 Å². The smallest absolute Gasteiger partial charge is 0.338 e. The van der Waals surface area contributed by atoms with Crippen molar-refractivity contribution >= 4 is 23.5 Å². The van der Waals surface area contributed by atoms with Gasteiger partial charge in [-0.15, -0.1) is 0 Å². The van der Waals surface area contributed by atoms with Crippen LogP contribution in [0, 0.1) is 0 Å². The molecule has 0 aromatic heterocycles. The third-order valence-corrected chi connectivity index (χ3v) is 4.52. The van der Waals surface area contributed by atoms with Crippen molar-refractivity contribution < 1.29 is 23.9 Å². The van der Waals surface area contributed by atoms with Gasteiger partial charge in [-0.3, -0.25) is 4.79 Å². The Balaban J connectivity index is 1.70. The van der Waals surface area contributed by atoms with Gasteiger partial charge >= 0.3 is 11.9 Å². The molecule has 0 saturated carbocycles. The first-order valence-electron chi connectivity index (χ1n) is 8.46. The van der Waals surface area contributed by atoms with Crippen LogP contribution in [0.5, 0.6) is 0 Å². The fourth-order valence-corrected chi connectivity index (χ4v) is 3.04. The van der Waals surface area contributed by atoms with E-state index in [-0.39, 0.29) is 6.54 Å². The summed E-state index contributed by atoms with van der Waals surface area (Å²) in [5.74, 6) is -1.58. The lowest BCUT2D eigenvalue weighted by molar-refractivity contribution is -0.155. The van der Waals surface area contributed by atoms with Crippen LogP contribution in [-0.4, -0.2) is 42.5 Å². The first-order chi connectivity index (χ1) is 13.0. The van der Waals surface area contributed by atoms with Gasteiger partial charge in [0.1, 0.15) is 6.04 Å². The van der Waals surface area contributed by atoms with E-state index in [1.165, 1.54) is 24.1 Å². The molecule has 3 rings (SSSR count). The Morgan fingerprint density at radius 3 is 2.41 bits per heavy atom. The highest BCUT2D eigenvalue weighted by atomic mass is 16.5. The third-order valence-electron chi connectivity index (χ3n) is 4.52. The number of carbonyl (C=O) groups is 3. The molecule has 1 heterocycles. The van der Waals surface area contributed by atoms with Gasteiger partial charge in [0.2, 0.25) is 0 Å². The van der Waals surface area contributed by atoms with Gasteiger partial charge in [-0.2, -0.15) is 0 Å². The standard InChI is InChI=1S/C20H20N2O5/c1-26-20(25)17-10-14-4-2-3-5-15(14)11-22(17)18(23)12-27-19(24)13-6-8-16(21)9-7-13/h2-9,17H,10-12,21H2,1H3/t17-/m0/s1. The predicted molar refractivity (Wildman–Crippen MR) is 97.6 cm³/mol. The van der Waals surface area contributed by atoms with E-state index in [2.05, 4.69) is 0 Å². The average molecular weight is 368 g/mol. The van der Waals surface area contributed by atoms with Gasteiger partial charge in [0.15, 0.2) is 6.61 Å². The third kappa shape index (κ3) is 4.08. The van der Waals surface area contributed by atoms with Gasteiger partial charge in [0.25, 0.3) is 5.91 Å². The molecule has 0 aliphatic carbocycles. The molecule has 0 saturated heterocycles. The second-order valence-corrected chi connectivity index (χ2v) is 6.23. The van der Waals surface area contributed by atoms with Crippen LogP contribution >= 0.6 is 0 Å². The van der Waals surface area contributed by atoms with Crippen molar-refractivity contribution in [2.24, 2.45) is 0 Å². The highest BCUT2D eigenvalue weighted by Crippen LogP contribution is 2.24. The number of methoxy groups -OCH3 is 1.